The summed E-state index contributed by atoms with van der Waals surface area (Å²) in [7, 11) is 2.56. The highest BCUT2D eigenvalue weighted by Crippen LogP contribution is 2.38. The third kappa shape index (κ3) is 10.9. The molecule has 0 aliphatic carbocycles. The van der Waals surface area contributed by atoms with Crippen molar-refractivity contribution in [3.05, 3.63) is 0 Å². The van der Waals surface area contributed by atoms with E-state index in [1.54, 1.807) is 0 Å². The second-order valence-electron chi connectivity index (χ2n) is 3.27. The average Bonchev–Trinajstić information content (AvgIpc) is 2.10. The lowest BCUT2D eigenvalue weighted by Crippen LogP contribution is -1.76. The van der Waals surface area contributed by atoms with Crippen LogP contribution < -0.4 is 0 Å². The van der Waals surface area contributed by atoms with E-state index in [-0.39, 0.29) is 0 Å². The molecule has 0 saturated carbocycles. The SMILES string of the molecule is CCCCCPPCCCCC. The van der Waals surface area contributed by atoms with E-state index in [0.29, 0.717) is 0 Å². The third-order valence-corrected chi connectivity index (χ3v) is 5.64. The van der Waals surface area contributed by atoms with Gasteiger partial charge in [0.25, 0.3) is 0 Å². The van der Waals surface area contributed by atoms with Gasteiger partial charge in [-0.15, -0.1) is 0 Å². The summed E-state index contributed by atoms with van der Waals surface area (Å²) in [6.07, 6.45) is 11.6. The maximum Gasteiger partial charge on any atom is -0.0317 e. The van der Waals surface area contributed by atoms with E-state index in [9.17, 15) is 0 Å². The van der Waals surface area contributed by atoms with Crippen molar-refractivity contribution in [2.45, 2.75) is 52.4 Å². The largest absolute Gasteiger partial charge is 0.0992 e. The van der Waals surface area contributed by atoms with Crippen LogP contribution in [0.25, 0.3) is 0 Å². The molecule has 0 aromatic rings. The molecule has 74 valence electrons. The van der Waals surface area contributed by atoms with Crippen molar-refractivity contribution in [1.29, 1.82) is 0 Å². The highest BCUT2D eigenvalue weighted by molar-refractivity contribution is 8.11. The maximum atomic E-state index is 2.28. The topological polar surface area (TPSA) is 0 Å². The van der Waals surface area contributed by atoms with Gasteiger partial charge in [-0.3, -0.25) is 0 Å². The minimum atomic E-state index is 1.28. The lowest BCUT2D eigenvalue weighted by molar-refractivity contribution is 0.776. The Morgan fingerprint density at radius 1 is 0.667 bits per heavy atom. The molecule has 2 unspecified atom stereocenters. The van der Waals surface area contributed by atoms with Crippen LogP contribution in [0.1, 0.15) is 52.4 Å². The summed E-state index contributed by atoms with van der Waals surface area (Å²) in [6, 6.07) is 0. The van der Waals surface area contributed by atoms with Crippen LogP contribution in [-0.2, 0) is 0 Å². The molecule has 0 nitrogen and oxygen atoms in total. The molecule has 0 amide bonds. The average molecular weight is 206 g/mol. The van der Waals surface area contributed by atoms with Crippen molar-refractivity contribution in [1.82, 2.24) is 0 Å². The van der Waals surface area contributed by atoms with Crippen LogP contribution in [0.4, 0.5) is 0 Å². The van der Waals surface area contributed by atoms with Gasteiger partial charge in [-0.2, -0.15) is 0 Å². The summed E-state index contributed by atoms with van der Waals surface area (Å²) >= 11 is 0. The van der Waals surface area contributed by atoms with Crippen LogP contribution in [0.3, 0.4) is 0 Å². The molecule has 12 heavy (non-hydrogen) atoms. The zero-order valence-electron chi connectivity index (χ0n) is 8.66. The lowest BCUT2D eigenvalue weighted by atomic mass is 10.3. The van der Waals surface area contributed by atoms with E-state index < -0.39 is 0 Å². The van der Waals surface area contributed by atoms with Gasteiger partial charge in [0.2, 0.25) is 0 Å². The summed E-state index contributed by atoms with van der Waals surface area (Å²) in [5.41, 5.74) is 0. The van der Waals surface area contributed by atoms with Gasteiger partial charge in [0, 0.05) is 0 Å². The third-order valence-electron chi connectivity index (χ3n) is 1.94. The van der Waals surface area contributed by atoms with E-state index in [4.69, 9.17) is 0 Å². The van der Waals surface area contributed by atoms with Crippen LogP contribution >= 0.6 is 16.5 Å². The predicted octanol–water partition coefficient (Wildman–Crippen LogP) is 4.64. The normalized spacial score (nSPS) is 12.5. The van der Waals surface area contributed by atoms with Crippen LogP contribution in [0, 0.1) is 0 Å². The molecular formula is C10H24P2. The molecule has 0 N–H and O–H groups in total. The molecule has 2 heteroatoms. The lowest BCUT2D eigenvalue weighted by Gasteiger charge is -2.00. The summed E-state index contributed by atoms with van der Waals surface area (Å²) in [5.74, 6) is 0. The zero-order chi connectivity index (χ0) is 9.07. The standard InChI is InChI=1S/C10H24P2/c1-3-5-7-9-11-12-10-8-6-4-2/h11-12H,3-10H2,1-2H3. The monoisotopic (exact) mass is 206 g/mol. The number of rotatable bonds is 9. The summed E-state index contributed by atoms with van der Waals surface area (Å²) in [6.45, 7) is 4.57. The van der Waals surface area contributed by atoms with Crippen LogP contribution in [0.15, 0.2) is 0 Å². The fraction of sp³-hybridized carbons (Fsp3) is 1.00. The van der Waals surface area contributed by atoms with Gasteiger partial charge >= 0.3 is 0 Å². The van der Waals surface area contributed by atoms with Crippen molar-refractivity contribution in [3.8, 4) is 0 Å². The molecule has 0 aromatic carbocycles. The molecular weight excluding hydrogens is 182 g/mol. The maximum absolute atomic E-state index is 2.28. The van der Waals surface area contributed by atoms with Gasteiger partial charge in [-0.1, -0.05) is 56.1 Å². The molecule has 0 aliphatic rings. The fourth-order valence-electron chi connectivity index (χ4n) is 1.10. The predicted molar refractivity (Wildman–Crippen MR) is 65.4 cm³/mol. The Kier molecular flexibility index (Phi) is 12.7. The Bertz CT molecular complexity index is 64.2. The summed E-state index contributed by atoms with van der Waals surface area (Å²) < 4.78 is 0. The summed E-state index contributed by atoms with van der Waals surface area (Å²) in [5, 5.41) is 0. The molecule has 0 saturated heterocycles. The van der Waals surface area contributed by atoms with Gasteiger partial charge < -0.3 is 0 Å². The van der Waals surface area contributed by atoms with Crippen molar-refractivity contribution < 1.29 is 0 Å². The Balaban J connectivity index is 2.73. The highest BCUT2D eigenvalue weighted by Gasteiger charge is 1.89. The molecule has 0 aliphatic heterocycles. The molecule has 0 rings (SSSR count). The minimum Gasteiger partial charge on any atom is -0.0992 e. The number of hydrogen-bond acceptors (Lipinski definition) is 0. The van der Waals surface area contributed by atoms with Crippen LogP contribution in [0.5, 0.6) is 0 Å². The molecule has 0 spiro atoms. The smallest absolute Gasteiger partial charge is 0.0317 e. The van der Waals surface area contributed by atoms with E-state index in [1.165, 1.54) is 67.4 Å². The van der Waals surface area contributed by atoms with Gasteiger partial charge in [0.15, 0.2) is 0 Å². The van der Waals surface area contributed by atoms with E-state index in [0.717, 1.165) is 0 Å². The molecule has 0 aromatic heterocycles. The first kappa shape index (κ1) is 12.9. The van der Waals surface area contributed by atoms with Crippen molar-refractivity contribution in [3.63, 3.8) is 0 Å². The van der Waals surface area contributed by atoms with Crippen LogP contribution in [0.2, 0.25) is 0 Å². The number of hydrogen-bond donors (Lipinski definition) is 0. The van der Waals surface area contributed by atoms with Gasteiger partial charge in [0.1, 0.15) is 0 Å². The number of unbranched alkanes of at least 4 members (excludes halogenated alkanes) is 4. The van der Waals surface area contributed by atoms with Crippen molar-refractivity contribution in [2.75, 3.05) is 12.3 Å². The summed E-state index contributed by atoms with van der Waals surface area (Å²) in [4.78, 5) is 0. The van der Waals surface area contributed by atoms with Crippen LogP contribution in [-0.4, -0.2) is 12.3 Å². The molecule has 2 atom stereocenters. The second-order valence-corrected chi connectivity index (χ2v) is 7.10. The molecule has 0 fully saturated rings. The fourth-order valence-corrected chi connectivity index (χ4v) is 4.43. The first-order valence-corrected chi connectivity index (χ1v) is 8.79. The first-order valence-electron chi connectivity index (χ1n) is 5.37. The zero-order valence-corrected chi connectivity index (χ0v) is 10.7. The van der Waals surface area contributed by atoms with E-state index in [1.807, 2.05) is 0 Å². The quantitative estimate of drug-likeness (QED) is 0.381. The second kappa shape index (κ2) is 11.9. The Morgan fingerprint density at radius 2 is 1.08 bits per heavy atom. The van der Waals surface area contributed by atoms with Gasteiger partial charge in [0.05, 0.1) is 0 Å². The molecule has 0 bridgehead atoms. The Hall–Kier alpha value is 0.860. The molecule has 0 heterocycles. The van der Waals surface area contributed by atoms with Crippen molar-refractivity contribution in [2.24, 2.45) is 0 Å². The van der Waals surface area contributed by atoms with Gasteiger partial charge in [-0.25, -0.2) is 0 Å². The Labute approximate surface area is 81.7 Å². The minimum absolute atomic E-state index is 1.28. The van der Waals surface area contributed by atoms with Gasteiger partial charge in [-0.05, 0) is 25.2 Å². The first-order chi connectivity index (χ1) is 5.91. The highest BCUT2D eigenvalue weighted by atomic mass is 32.0. The van der Waals surface area contributed by atoms with E-state index in [2.05, 4.69) is 13.8 Å². The molecule has 0 radical (unpaired) electrons. The Morgan fingerprint density at radius 3 is 1.42 bits per heavy atom. The van der Waals surface area contributed by atoms with Crippen molar-refractivity contribution >= 4 is 16.5 Å². The van der Waals surface area contributed by atoms with E-state index >= 15 is 0 Å².